The monoisotopic (exact) mass is 366 g/mol. The summed E-state index contributed by atoms with van der Waals surface area (Å²) in [5.74, 6) is 2.22. The average molecular weight is 366 g/mol. The minimum atomic E-state index is 0.126. The summed E-state index contributed by atoms with van der Waals surface area (Å²) in [6.45, 7) is 0. The molecule has 2 saturated carbocycles. The van der Waals surface area contributed by atoms with Gasteiger partial charge in [-0.2, -0.15) is 0 Å². The maximum atomic E-state index is 12.8. The molecule has 1 amide bonds. The van der Waals surface area contributed by atoms with Gasteiger partial charge in [-0.15, -0.1) is 11.3 Å². The van der Waals surface area contributed by atoms with Crippen LogP contribution < -0.4 is 10.1 Å². The lowest BCUT2D eigenvalue weighted by atomic mass is 9.88. The number of anilines is 1. The lowest BCUT2D eigenvalue weighted by Gasteiger charge is -2.18. The molecule has 3 unspecified atom stereocenters. The number of ether oxygens (including phenoxy) is 1. The Morgan fingerprint density at radius 3 is 2.81 bits per heavy atom. The van der Waals surface area contributed by atoms with E-state index >= 15 is 0 Å². The van der Waals surface area contributed by atoms with E-state index < -0.39 is 0 Å². The Hall–Kier alpha value is -2.14. The van der Waals surface area contributed by atoms with Crippen LogP contribution in [0.25, 0.3) is 0 Å². The van der Waals surface area contributed by atoms with Crippen LogP contribution in [0, 0.1) is 23.2 Å². The number of hydrogen-bond acceptors (Lipinski definition) is 4. The highest BCUT2D eigenvalue weighted by atomic mass is 32.1. The fraction of sp³-hybridized carbons (Fsp3) is 0.429. The van der Waals surface area contributed by atoms with Crippen molar-refractivity contribution in [3.63, 3.8) is 0 Å². The highest BCUT2D eigenvalue weighted by Crippen LogP contribution is 2.70. The highest BCUT2D eigenvalue weighted by molar-refractivity contribution is 7.15. The van der Waals surface area contributed by atoms with Crippen molar-refractivity contribution in [3.05, 3.63) is 53.1 Å². The molecule has 0 aliphatic heterocycles. The summed E-state index contributed by atoms with van der Waals surface area (Å²) in [7, 11) is 1.67. The minimum Gasteiger partial charge on any atom is -0.497 e. The quantitative estimate of drug-likeness (QED) is 0.804. The van der Waals surface area contributed by atoms with Gasteiger partial charge in [0.25, 0.3) is 0 Å². The van der Waals surface area contributed by atoms with Crippen LogP contribution in [0.2, 0.25) is 0 Å². The molecule has 3 atom stereocenters. The van der Waals surface area contributed by atoms with E-state index in [0.717, 1.165) is 28.6 Å². The first-order valence-electron chi connectivity index (χ1n) is 9.25. The van der Waals surface area contributed by atoms with E-state index in [2.05, 4.69) is 34.6 Å². The molecule has 1 aromatic heterocycles. The first-order valence-corrected chi connectivity index (χ1v) is 10.1. The number of aromatic nitrogens is 1. The van der Waals surface area contributed by atoms with Gasteiger partial charge < -0.3 is 10.1 Å². The number of allylic oxidation sites excluding steroid dienone is 2. The van der Waals surface area contributed by atoms with Gasteiger partial charge in [-0.05, 0) is 54.2 Å². The Balaban J connectivity index is 1.23. The third kappa shape index (κ3) is 2.57. The molecule has 0 saturated heterocycles. The largest absolute Gasteiger partial charge is 0.497 e. The molecular weight excluding hydrogens is 344 g/mol. The topological polar surface area (TPSA) is 51.2 Å². The van der Waals surface area contributed by atoms with E-state index in [-0.39, 0.29) is 11.8 Å². The number of thiazole rings is 1. The van der Waals surface area contributed by atoms with Crippen molar-refractivity contribution in [1.29, 1.82) is 0 Å². The van der Waals surface area contributed by atoms with E-state index in [1.807, 2.05) is 18.3 Å². The smallest absolute Gasteiger partial charge is 0.229 e. The van der Waals surface area contributed by atoms with Crippen molar-refractivity contribution < 1.29 is 9.53 Å². The van der Waals surface area contributed by atoms with Crippen molar-refractivity contribution >= 4 is 22.4 Å². The summed E-state index contributed by atoms with van der Waals surface area (Å²) in [5.41, 5.74) is 1.66. The van der Waals surface area contributed by atoms with Crippen molar-refractivity contribution in [2.45, 2.75) is 25.7 Å². The molecule has 3 aliphatic rings. The third-order valence-corrected chi connectivity index (χ3v) is 7.29. The highest BCUT2D eigenvalue weighted by Gasteiger charge is 2.64. The third-order valence-electron chi connectivity index (χ3n) is 6.38. The molecule has 2 bridgehead atoms. The van der Waals surface area contributed by atoms with Gasteiger partial charge in [0.05, 0.1) is 7.11 Å². The van der Waals surface area contributed by atoms with E-state index in [4.69, 9.17) is 4.74 Å². The van der Waals surface area contributed by atoms with E-state index in [1.54, 1.807) is 18.4 Å². The second-order valence-corrected chi connectivity index (χ2v) is 8.85. The van der Waals surface area contributed by atoms with Crippen LogP contribution in [0.5, 0.6) is 5.75 Å². The molecule has 5 rings (SSSR count). The molecule has 5 heteroatoms. The van der Waals surface area contributed by atoms with E-state index in [0.29, 0.717) is 17.3 Å². The SMILES string of the molecule is COc1ccc(Cc2cnc(NC(=O)C3CC4C=CC3C43CC3)s2)cc1. The summed E-state index contributed by atoms with van der Waals surface area (Å²) in [4.78, 5) is 18.3. The number of carbonyl (C=O) groups is 1. The van der Waals surface area contributed by atoms with Crippen molar-refractivity contribution in [2.24, 2.45) is 23.2 Å². The number of carbonyl (C=O) groups excluding carboxylic acids is 1. The Labute approximate surface area is 157 Å². The number of nitrogens with one attached hydrogen (secondary N) is 1. The summed E-state index contributed by atoms with van der Waals surface area (Å²) in [5, 5.41) is 3.79. The molecule has 1 heterocycles. The van der Waals surface area contributed by atoms with Gasteiger partial charge in [-0.3, -0.25) is 4.79 Å². The maximum absolute atomic E-state index is 12.8. The van der Waals surface area contributed by atoms with Gasteiger partial charge in [0.1, 0.15) is 5.75 Å². The molecule has 2 aromatic rings. The molecule has 26 heavy (non-hydrogen) atoms. The fourth-order valence-corrected chi connectivity index (χ4v) is 5.71. The summed E-state index contributed by atoms with van der Waals surface area (Å²) < 4.78 is 5.19. The Kier molecular flexibility index (Phi) is 3.67. The number of hydrogen-bond donors (Lipinski definition) is 1. The van der Waals surface area contributed by atoms with Crippen LogP contribution in [-0.2, 0) is 11.2 Å². The second-order valence-electron chi connectivity index (χ2n) is 7.74. The van der Waals surface area contributed by atoms with Gasteiger partial charge in [0, 0.05) is 23.4 Å². The molecule has 3 aliphatic carbocycles. The van der Waals surface area contributed by atoms with Crippen LogP contribution in [0.4, 0.5) is 5.13 Å². The van der Waals surface area contributed by atoms with Gasteiger partial charge in [0.2, 0.25) is 5.91 Å². The summed E-state index contributed by atoms with van der Waals surface area (Å²) in [6, 6.07) is 8.06. The van der Waals surface area contributed by atoms with Gasteiger partial charge in [0.15, 0.2) is 5.13 Å². The molecular formula is C21H22N2O2S. The van der Waals surface area contributed by atoms with Crippen LogP contribution in [0.1, 0.15) is 29.7 Å². The number of nitrogens with zero attached hydrogens (tertiary/aromatic N) is 1. The van der Waals surface area contributed by atoms with Gasteiger partial charge >= 0.3 is 0 Å². The molecule has 0 radical (unpaired) electrons. The average Bonchev–Trinajstić information content (AvgIpc) is 3.12. The van der Waals surface area contributed by atoms with Gasteiger partial charge in [-0.25, -0.2) is 4.98 Å². The maximum Gasteiger partial charge on any atom is 0.229 e. The van der Waals surface area contributed by atoms with Crippen molar-refractivity contribution in [3.8, 4) is 5.75 Å². The van der Waals surface area contributed by atoms with Crippen molar-refractivity contribution in [1.82, 2.24) is 4.98 Å². The number of amides is 1. The standard InChI is InChI=1S/C21H22N2O2S/c1-25-15-5-2-13(3-6-15)10-16-12-22-20(26-16)23-19(24)17-11-14-4-7-18(17)21(14)8-9-21/h2-7,12,14,17-18H,8-11H2,1H3,(H,22,23,24). The predicted molar refractivity (Wildman–Crippen MR) is 102 cm³/mol. The molecule has 1 spiro atoms. The first-order chi connectivity index (χ1) is 12.7. The predicted octanol–water partition coefficient (Wildman–Crippen LogP) is 4.28. The van der Waals surface area contributed by atoms with Crippen molar-refractivity contribution in [2.75, 3.05) is 12.4 Å². The number of methoxy groups -OCH3 is 1. The van der Waals surface area contributed by atoms with E-state index in [9.17, 15) is 4.79 Å². The first kappa shape index (κ1) is 16.1. The zero-order valence-corrected chi connectivity index (χ0v) is 15.6. The zero-order valence-electron chi connectivity index (χ0n) is 14.8. The Morgan fingerprint density at radius 2 is 2.12 bits per heavy atom. The van der Waals surface area contributed by atoms with Crippen LogP contribution in [-0.4, -0.2) is 18.0 Å². The van der Waals surface area contributed by atoms with E-state index in [1.165, 1.54) is 18.4 Å². The number of rotatable bonds is 5. The molecule has 2 fully saturated rings. The fourth-order valence-electron chi connectivity index (χ4n) is 4.86. The molecule has 4 nitrogen and oxygen atoms in total. The van der Waals surface area contributed by atoms with Crippen LogP contribution >= 0.6 is 11.3 Å². The van der Waals surface area contributed by atoms with Crippen LogP contribution in [0.15, 0.2) is 42.6 Å². The Bertz CT molecular complexity index is 866. The normalized spacial score (nSPS) is 27.0. The Morgan fingerprint density at radius 1 is 1.31 bits per heavy atom. The summed E-state index contributed by atoms with van der Waals surface area (Å²) >= 11 is 1.57. The molecule has 134 valence electrons. The zero-order chi connectivity index (χ0) is 17.7. The van der Waals surface area contributed by atoms with Crippen LogP contribution in [0.3, 0.4) is 0 Å². The lowest BCUT2D eigenvalue weighted by molar-refractivity contribution is -0.120. The minimum absolute atomic E-state index is 0.126. The lowest BCUT2D eigenvalue weighted by Crippen LogP contribution is -2.27. The second kappa shape index (κ2) is 5.95. The molecule has 1 N–H and O–H groups in total. The molecule has 1 aromatic carbocycles. The van der Waals surface area contributed by atoms with Gasteiger partial charge in [-0.1, -0.05) is 24.3 Å². The number of benzene rings is 1. The summed E-state index contributed by atoms with van der Waals surface area (Å²) in [6.07, 6.45) is 10.9.